The Kier molecular flexibility index (Phi) is 4.03. The molecule has 0 spiro atoms. The first kappa shape index (κ1) is 13.8. The quantitative estimate of drug-likeness (QED) is 0.919. The zero-order chi connectivity index (χ0) is 14.7. The molecule has 1 aliphatic heterocycles. The van der Waals surface area contributed by atoms with E-state index in [2.05, 4.69) is 11.0 Å². The number of hydrogen-bond acceptors (Lipinski definition) is 4. The Balaban J connectivity index is 2.10. The van der Waals surface area contributed by atoms with Crippen LogP contribution < -0.4 is 4.90 Å². The first-order valence-corrected chi connectivity index (χ1v) is 7.51. The van der Waals surface area contributed by atoms with Crippen LogP contribution in [0.25, 0.3) is 10.9 Å². The second kappa shape index (κ2) is 6.11. The number of pyridine rings is 1. The van der Waals surface area contributed by atoms with Gasteiger partial charge in [-0.15, -0.1) is 0 Å². The van der Waals surface area contributed by atoms with Crippen molar-refractivity contribution in [1.29, 1.82) is 5.26 Å². The van der Waals surface area contributed by atoms with E-state index >= 15 is 0 Å². The summed E-state index contributed by atoms with van der Waals surface area (Å²) in [5, 5.41) is 20.1. The largest absolute Gasteiger partial charge is 0.394 e. The second-order valence-electron chi connectivity index (χ2n) is 5.54. The van der Waals surface area contributed by atoms with E-state index in [-0.39, 0.29) is 12.6 Å². The fourth-order valence-electron chi connectivity index (χ4n) is 3.05. The van der Waals surface area contributed by atoms with Gasteiger partial charge in [0.15, 0.2) is 0 Å². The molecule has 1 unspecified atom stereocenters. The topological polar surface area (TPSA) is 60.2 Å². The van der Waals surface area contributed by atoms with Crippen molar-refractivity contribution in [1.82, 2.24) is 4.98 Å². The lowest BCUT2D eigenvalue weighted by Crippen LogP contribution is -2.38. The van der Waals surface area contributed by atoms with Gasteiger partial charge in [0.25, 0.3) is 0 Å². The number of nitriles is 1. The number of aromatic nitrogens is 1. The molecule has 21 heavy (non-hydrogen) atoms. The van der Waals surface area contributed by atoms with Crippen molar-refractivity contribution in [2.45, 2.75) is 31.7 Å². The summed E-state index contributed by atoms with van der Waals surface area (Å²) in [6.45, 7) is 0.963. The predicted molar refractivity (Wildman–Crippen MR) is 83.1 cm³/mol. The minimum absolute atomic E-state index is 0.0632. The zero-order valence-corrected chi connectivity index (χ0v) is 12.0. The number of para-hydroxylation sites is 1. The molecule has 1 N–H and O–H groups in total. The van der Waals surface area contributed by atoms with E-state index in [0.717, 1.165) is 42.5 Å². The molecule has 0 saturated carbocycles. The molecule has 1 aromatic heterocycles. The monoisotopic (exact) mass is 281 g/mol. The molecule has 0 amide bonds. The van der Waals surface area contributed by atoms with Crippen LogP contribution in [0.1, 0.15) is 31.2 Å². The van der Waals surface area contributed by atoms with Gasteiger partial charge in [-0.3, -0.25) is 0 Å². The van der Waals surface area contributed by atoms with Gasteiger partial charge >= 0.3 is 0 Å². The second-order valence-corrected chi connectivity index (χ2v) is 5.54. The van der Waals surface area contributed by atoms with Gasteiger partial charge in [0.05, 0.1) is 23.7 Å². The number of hydrogen-bond donors (Lipinski definition) is 1. The summed E-state index contributed by atoms with van der Waals surface area (Å²) in [6, 6.07) is 12.1. The van der Waals surface area contributed by atoms with Crippen LogP contribution in [0, 0.1) is 11.3 Å². The van der Waals surface area contributed by atoms with Gasteiger partial charge in [0.2, 0.25) is 0 Å². The van der Waals surface area contributed by atoms with E-state index in [1.54, 1.807) is 0 Å². The third-order valence-corrected chi connectivity index (χ3v) is 4.18. The number of nitrogens with zero attached hydrogens (tertiary/aromatic N) is 3. The minimum Gasteiger partial charge on any atom is -0.394 e. The normalized spacial score (nSPS) is 19.2. The number of anilines is 1. The lowest BCUT2D eigenvalue weighted by atomic mass is 10.1. The maximum absolute atomic E-state index is 9.67. The first-order chi connectivity index (χ1) is 10.3. The summed E-state index contributed by atoms with van der Waals surface area (Å²) in [6.07, 6.45) is 4.32. The summed E-state index contributed by atoms with van der Waals surface area (Å²) in [7, 11) is 0. The fourth-order valence-corrected chi connectivity index (χ4v) is 3.05. The van der Waals surface area contributed by atoms with Gasteiger partial charge < -0.3 is 10.0 Å². The molecule has 1 saturated heterocycles. The first-order valence-electron chi connectivity index (χ1n) is 7.51. The average Bonchev–Trinajstić information content (AvgIpc) is 2.78. The standard InChI is InChI=1S/C17H19N3O/c18-11-14-10-13-6-3-4-8-16(13)19-17(14)20-9-5-1-2-7-15(20)12-21/h3-4,6,8,10,15,21H,1-2,5,7,9,12H2. The van der Waals surface area contributed by atoms with Crippen molar-refractivity contribution in [2.75, 3.05) is 18.1 Å². The number of rotatable bonds is 2. The summed E-state index contributed by atoms with van der Waals surface area (Å²) in [4.78, 5) is 6.82. The van der Waals surface area contributed by atoms with Crippen molar-refractivity contribution in [3.05, 3.63) is 35.9 Å². The van der Waals surface area contributed by atoms with Gasteiger partial charge in [-0.1, -0.05) is 31.0 Å². The molecule has 1 aliphatic rings. The van der Waals surface area contributed by atoms with E-state index in [4.69, 9.17) is 4.98 Å². The summed E-state index contributed by atoms with van der Waals surface area (Å²) in [5.41, 5.74) is 1.49. The van der Waals surface area contributed by atoms with Crippen LogP contribution in [0.15, 0.2) is 30.3 Å². The molecule has 2 aromatic rings. The minimum atomic E-state index is 0.0632. The fraction of sp³-hybridized carbons (Fsp3) is 0.412. The average molecular weight is 281 g/mol. The van der Waals surface area contributed by atoms with Crippen molar-refractivity contribution in [3.8, 4) is 6.07 Å². The number of fused-ring (bicyclic) bond motifs is 1. The third kappa shape index (κ3) is 2.70. The predicted octanol–water partition coefficient (Wildman–Crippen LogP) is 2.85. The zero-order valence-electron chi connectivity index (χ0n) is 12.0. The van der Waals surface area contributed by atoms with Crippen molar-refractivity contribution >= 4 is 16.7 Å². The van der Waals surface area contributed by atoms with Gasteiger partial charge in [-0.25, -0.2) is 4.98 Å². The van der Waals surface area contributed by atoms with E-state index in [1.807, 2.05) is 30.3 Å². The Bertz CT molecular complexity index is 677. The number of benzene rings is 1. The molecule has 0 radical (unpaired) electrons. The van der Waals surface area contributed by atoms with Gasteiger partial charge in [-0.2, -0.15) is 5.26 Å². The lowest BCUT2D eigenvalue weighted by Gasteiger charge is -2.30. The van der Waals surface area contributed by atoms with Crippen LogP contribution in [0.4, 0.5) is 5.82 Å². The summed E-state index contributed by atoms with van der Waals surface area (Å²) >= 11 is 0. The Morgan fingerprint density at radius 3 is 2.95 bits per heavy atom. The van der Waals surface area contributed by atoms with E-state index in [1.165, 1.54) is 6.42 Å². The molecule has 0 bridgehead atoms. The van der Waals surface area contributed by atoms with E-state index in [9.17, 15) is 10.4 Å². The van der Waals surface area contributed by atoms with Gasteiger partial charge in [0, 0.05) is 11.9 Å². The molecule has 1 aromatic carbocycles. The van der Waals surface area contributed by atoms with Crippen LogP contribution in [-0.2, 0) is 0 Å². The number of aliphatic hydroxyl groups excluding tert-OH is 1. The molecule has 1 fully saturated rings. The lowest BCUT2D eigenvalue weighted by molar-refractivity contribution is 0.254. The molecular weight excluding hydrogens is 262 g/mol. The highest BCUT2D eigenvalue weighted by Gasteiger charge is 2.24. The molecule has 1 atom stereocenters. The summed E-state index contributed by atoms with van der Waals surface area (Å²) in [5.74, 6) is 0.720. The molecular formula is C17H19N3O. The molecule has 0 aliphatic carbocycles. The van der Waals surface area contributed by atoms with Crippen molar-refractivity contribution in [3.63, 3.8) is 0 Å². The number of aliphatic hydroxyl groups is 1. The van der Waals surface area contributed by atoms with Crippen molar-refractivity contribution < 1.29 is 5.11 Å². The summed E-state index contributed by atoms with van der Waals surface area (Å²) < 4.78 is 0. The Labute approximate surface area is 124 Å². The van der Waals surface area contributed by atoms with Crippen molar-refractivity contribution in [2.24, 2.45) is 0 Å². The van der Waals surface area contributed by atoms with Crippen LogP contribution in [0.2, 0.25) is 0 Å². The highest BCUT2D eigenvalue weighted by atomic mass is 16.3. The SMILES string of the molecule is N#Cc1cc2ccccc2nc1N1CCCCCC1CO. The third-order valence-electron chi connectivity index (χ3n) is 4.18. The maximum atomic E-state index is 9.67. The molecule has 3 rings (SSSR count). The van der Waals surface area contributed by atoms with Crippen LogP contribution >= 0.6 is 0 Å². The Morgan fingerprint density at radius 1 is 1.29 bits per heavy atom. The Morgan fingerprint density at radius 2 is 2.14 bits per heavy atom. The molecule has 4 nitrogen and oxygen atoms in total. The van der Waals surface area contributed by atoms with Gasteiger partial charge in [0.1, 0.15) is 11.9 Å². The molecule has 4 heteroatoms. The highest BCUT2D eigenvalue weighted by molar-refractivity contribution is 5.83. The van der Waals surface area contributed by atoms with E-state index in [0.29, 0.717) is 5.56 Å². The van der Waals surface area contributed by atoms with Crippen LogP contribution in [0.3, 0.4) is 0 Å². The smallest absolute Gasteiger partial charge is 0.147 e. The van der Waals surface area contributed by atoms with Crippen LogP contribution in [-0.4, -0.2) is 29.3 Å². The maximum Gasteiger partial charge on any atom is 0.147 e. The molecule has 108 valence electrons. The van der Waals surface area contributed by atoms with Gasteiger partial charge in [-0.05, 0) is 25.0 Å². The Hall–Kier alpha value is -2.12. The van der Waals surface area contributed by atoms with Crippen LogP contribution in [0.5, 0.6) is 0 Å². The molecule has 2 heterocycles. The highest BCUT2D eigenvalue weighted by Crippen LogP contribution is 2.28. The van der Waals surface area contributed by atoms with E-state index < -0.39 is 0 Å².